The van der Waals surface area contributed by atoms with Gasteiger partial charge in [0.1, 0.15) is 6.61 Å². The van der Waals surface area contributed by atoms with Crippen LogP contribution in [0.3, 0.4) is 0 Å². The molecule has 1 amide bonds. The van der Waals surface area contributed by atoms with Gasteiger partial charge < -0.3 is 14.4 Å². The lowest BCUT2D eigenvalue weighted by Gasteiger charge is -2.33. The Morgan fingerprint density at radius 1 is 1.08 bits per heavy atom. The first kappa shape index (κ1) is 18.3. The molecule has 0 N–H and O–H groups in total. The lowest BCUT2D eigenvalue weighted by Crippen LogP contribution is -2.40. The fourth-order valence-corrected chi connectivity index (χ4v) is 3.16. The Labute approximate surface area is 143 Å². The largest absolute Gasteiger partial charge is 0.466 e. The number of nitrogens with zero attached hydrogens (tertiary/aromatic N) is 1. The Morgan fingerprint density at radius 3 is 2.38 bits per heavy atom. The molecule has 5 nitrogen and oxygen atoms in total. The monoisotopic (exact) mass is 333 g/mol. The third-order valence-electron chi connectivity index (χ3n) is 4.62. The van der Waals surface area contributed by atoms with Crippen molar-refractivity contribution in [1.82, 2.24) is 4.90 Å². The first-order valence-corrected chi connectivity index (χ1v) is 8.69. The molecule has 0 unspecified atom stereocenters. The van der Waals surface area contributed by atoms with E-state index >= 15 is 0 Å². The number of esters is 1. The second kappa shape index (κ2) is 9.30. The Hall–Kier alpha value is -2.04. The van der Waals surface area contributed by atoms with Crippen molar-refractivity contribution in [2.24, 2.45) is 5.92 Å². The number of ether oxygens (including phenoxy) is 2. The maximum absolute atomic E-state index is 12.2. The molecule has 0 atom stereocenters. The number of benzene rings is 1. The van der Waals surface area contributed by atoms with Crippen LogP contribution in [0.5, 0.6) is 0 Å². The quantitative estimate of drug-likeness (QED) is 0.744. The Kier molecular flexibility index (Phi) is 7.09. The predicted octanol–water partition coefficient (Wildman–Crippen LogP) is 3.77. The van der Waals surface area contributed by atoms with Crippen LogP contribution in [0.15, 0.2) is 30.3 Å². The molecular weight excluding hydrogens is 306 g/mol. The number of amides is 1. The highest BCUT2D eigenvalue weighted by atomic mass is 16.6. The van der Waals surface area contributed by atoms with Crippen LogP contribution in [0.2, 0.25) is 0 Å². The summed E-state index contributed by atoms with van der Waals surface area (Å²) in [5.41, 5.74) is 0.984. The molecule has 0 aromatic heterocycles. The molecule has 0 saturated heterocycles. The highest BCUT2D eigenvalue weighted by Crippen LogP contribution is 2.29. The Morgan fingerprint density at radius 2 is 1.75 bits per heavy atom. The molecule has 1 aliphatic rings. The lowest BCUT2D eigenvalue weighted by molar-refractivity contribution is -0.144. The molecule has 1 saturated carbocycles. The summed E-state index contributed by atoms with van der Waals surface area (Å²) in [6.45, 7) is 2.55. The Bertz CT molecular complexity index is 523. The van der Waals surface area contributed by atoms with Crippen LogP contribution in [0.4, 0.5) is 4.79 Å². The summed E-state index contributed by atoms with van der Waals surface area (Å²) in [6.07, 6.45) is 3.90. The van der Waals surface area contributed by atoms with Gasteiger partial charge in [-0.05, 0) is 44.1 Å². The van der Waals surface area contributed by atoms with Crippen LogP contribution in [-0.2, 0) is 20.9 Å². The number of rotatable bonds is 6. The summed E-state index contributed by atoms with van der Waals surface area (Å²) in [4.78, 5) is 25.4. The molecule has 0 aliphatic heterocycles. The molecule has 24 heavy (non-hydrogen) atoms. The van der Waals surface area contributed by atoms with E-state index in [2.05, 4.69) is 0 Å². The van der Waals surface area contributed by atoms with Gasteiger partial charge in [-0.25, -0.2) is 4.79 Å². The molecule has 5 heteroatoms. The van der Waals surface area contributed by atoms with E-state index in [1.807, 2.05) is 37.3 Å². The van der Waals surface area contributed by atoms with Gasteiger partial charge in [0.05, 0.1) is 6.61 Å². The first-order chi connectivity index (χ1) is 11.6. The van der Waals surface area contributed by atoms with E-state index in [4.69, 9.17) is 9.47 Å². The summed E-state index contributed by atoms with van der Waals surface area (Å²) in [6, 6.07) is 9.86. The van der Waals surface area contributed by atoms with Gasteiger partial charge in [-0.15, -0.1) is 0 Å². The van der Waals surface area contributed by atoms with E-state index in [0.717, 1.165) is 31.2 Å². The molecule has 1 aromatic rings. The zero-order valence-corrected chi connectivity index (χ0v) is 14.6. The van der Waals surface area contributed by atoms with E-state index in [-0.39, 0.29) is 18.1 Å². The summed E-state index contributed by atoms with van der Waals surface area (Å²) in [7, 11) is 1.80. The molecule has 1 fully saturated rings. The maximum Gasteiger partial charge on any atom is 0.410 e. The fourth-order valence-electron chi connectivity index (χ4n) is 3.16. The number of carbonyl (C=O) groups is 2. The minimum atomic E-state index is -0.285. The van der Waals surface area contributed by atoms with Crippen molar-refractivity contribution < 1.29 is 19.1 Å². The minimum Gasteiger partial charge on any atom is -0.466 e. The summed E-state index contributed by atoms with van der Waals surface area (Å²) in [5, 5.41) is 0. The summed E-state index contributed by atoms with van der Waals surface area (Å²) in [5.74, 6) is 0.255. The second-order valence-corrected chi connectivity index (χ2v) is 6.33. The van der Waals surface area contributed by atoms with Crippen molar-refractivity contribution in [1.29, 1.82) is 0 Å². The van der Waals surface area contributed by atoms with Gasteiger partial charge in [0.15, 0.2) is 0 Å². The van der Waals surface area contributed by atoms with E-state index in [0.29, 0.717) is 25.6 Å². The third kappa shape index (κ3) is 5.55. The smallest absolute Gasteiger partial charge is 0.410 e. The van der Waals surface area contributed by atoms with Crippen molar-refractivity contribution in [2.45, 2.75) is 51.7 Å². The maximum atomic E-state index is 12.2. The molecule has 0 spiro atoms. The van der Waals surface area contributed by atoms with Crippen molar-refractivity contribution in [3.63, 3.8) is 0 Å². The predicted molar refractivity (Wildman–Crippen MR) is 91.4 cm³/mol. The molecule has 1 aromatic carbocycles. The zero-order chi connectivity index (χ0) is 17.4. The van der Waals surface area contributed by atoms with E-state index in [1.165, 1.54) is 0 Å². The van der Waals surface area contributed by atoms with Crippen molar-refractivity contribution >= 4 is 12.1 Å². The average Bonchev–Trinajstić information content (AvgIpc) is 2.61. The number of hydrogen-bond donors (Lipinski definition) is 0. The second-order valence-electron chi connectivity index (χ2n) is 6.33. The van der Waals surface area contributed by atoms with E-state index < -0.39 is 0 Å². The van der Waals surface area contributed by atoms with Crippen molar-refractivity contribution in [3.05, 3.63) is 35.9 Å². The molecule has 0 heterocycles. The standard InChI is InChI=1S/C19H27NO4/c1-3-23-18(21)13-15-9-11-17(12-10-15)20(2)19(22)24-14-16-7-5-4-6-8-16/h4-8,15,17H,3,9-14H2,1-2H3. The lowest BCUT2D eigenvalue weighted by atomic mass is 9.84. The van der Waals surface area contributed by atoms with Gasteiger partial charge in [-0.3, -0.25) is 4.79 Å². The summed E-state index contributed by atoms with van der Waals surface area (Å²) >= 11 is 0. The van der Waals surface area contributed by atoms with Crippen LogP contribution < -0.4 is 0 Å². The summed E-state index contributed by atoms with van der Waals surface area (Å²) < 4.78 is 10.4. The minimum absolute atomic E-state index is 0.114. The molecule has 132 valence electrons. The van der Waals surface area contributed by atoms with Gasteiger partial charge in [-0.1, -0.05) is 30.3 Å². The van der Waals surface area contributed by atoms with Gasteiger partial charge in [0.25, 0.3) is 0 Å². The highest BCUT2D eigenvalue weighted by molar-refractivity contribution is 5.69. The van der Waals surface area contributed by atoms with Crippen molar-refractivity contribution in [3.8, 4) is 0 Å². The molecule has 2 rings (SSSR count). The van der Waals surface area contributed by atoms with Crippen molar-refractivity contribution in [2.75, 3.05) is 13.7 Å². The van der Waals surface area contributed by atoms with Gasteiger partial charge in [0, 0.05) is 19.5 Å². The average molecular weight is 333 g/mol. The zero-order valence-electron chi connectivity index (χ0n) is 14.6. The first-order valence-electron chi connectivity index (χ1n) is 8.69. The molecular formula is C19H27NO4. The van der Waals surface area contributed by atoms with Gasteiger partial charge in [0.2, 0.25) is 0 Å². The van der Waals surface area contributed by atoms with Crippen LogP contribution in [-0.4, -0.2) is 36.7 Å². The highest BCUT2D eigenvalue weighted by Gasteiger charge is 2.28. The fraction of sp³-hybridized carbons (Fsp3) is 0.579. The van der Waals surface area contributed by atoms with Crippen LogP contribution in [0, 0.1) is 5.92 Å². The SMILES string of the molecule is CCOC(=O)CC1CCC(N(C)C(=O)OCc2ccccc2)CC1. The number of hydrogen-bond acceptors (Lipinski definition) is 4. The molecule has 0 bridgehead atoms. The molecule has 1 aliphatic carbocycles. The van der Waals surface area contributed by atoms with Crippen LogP contribution in [0.1, 0.15) is 44.6 Å². The number of carbonyl (C=O) groups excluding carboxylic acids is 2. The van der Waals surface area contributed by atoms with Gasteiger partial charge in [-0.2, -0.15) is 0 Å². The normalized spacial score (nSPS) is 20.2. The van der Waals surface area contributed by atoms with E-state index in [1.54, 1.807) is 11.9 Å². The van der Waals surface area contributed by atoms with Crippen LogP contribution in [0.25, 0.3) is 0 Å². The third-order valence-corrected chi connectivity index (χ3v) is 4.62. The Balaban J connectivity index is 1.72. The van der Waals surface area contributed by atoms with E-state index in [9.17, 15) is 9.59 Å². The topological polar surface area (TPSA) is 55.8 Å². The van der Waals surface area contributed by atoms with Gasteiger partial charge >= 0.3 is 12.1 Å². The molecule has 0 radical (unpaired) electrons. The van der Waals surface area contributed by atoms with Crippen LogP contribution >= 0.6 is 0 Å².